The van der Waals surface area contributed by atoms with Crippen LogP contribution in [0.2, 0.25) is 5.02 Å². The van der Waals surface area contributed by atoms with E-state index >= 15 is 0 Å². The van der Waals surface area contributed by atoms with Gasteiger partial charge in [0.25, 0.3) is 0 Å². The van der Waals surface area contributed by atoms with Crippen LogP contribution in [0.4, 0.5) is 0 Å². The molecule has 1 rings (SSSR count). The second-order valence-electron chi connectivity index (χ2n) is 3.46. The summed E-state index contributed by atoms with van der Waals surface area (Å²) >= 11 is 9.29. The van der Waals surface area contributed by atoms with Crippen LogP contribution in [0.5, 0.6) is 0 Å². The normalized spacial score (nSPS) is 15.0. The van der Waals surface area contributed by atoms with Crippen molar-refractivity contribution in [2.45, 2.75) is 26.0 Å². The average Bonchev–Trinajstić information content (AvgIpc) is 2.21. The highest BCUT2D eigenvalue weighted by atomic mass is 79.9. The SMILES string of the molecule is CCNC(C)C(O)c1cc(Cl)ccc1Br. The molecule has 0 amide bonds. The van der Waals surface area contributed by atoms with E-state index in [1.807, 2.05) is 19.9 Å². The quantitative estimate of drug-likeness (QED) is 0.893. The Balaban J connectivity index is 2.89. The lowest BCUT2D eigenvalue weighted by molar-refractivity contribution is 0.136. The fraction of sp³-hybridized carbons (Fsp3) is 0.455. The molecule has 4 heteroatoms. The molecule has 1 aromatic carbocycles. The number of nitrogens with one attached hydrogen (secondary N) is 1. The molecule has 84 valence electrons. The minimum absolute atomic E-state index is 0.00441. The number of aliphatic hydroxyl groups excluding tert-OH is 1. The number of hydrogen-bond acceptors (Lipinski definition) is 2. The molecule has 0 heterocycles. The molecule has 0 bridgehead atoms. The van der Waals surface area contributed by atoms with Gasteiger partial charge in [0, 0.05) is 15.5 Å². The molecule has 2 unspecified atom stereocenters. The Morgan fingerprint density at radius 3 is 2.80 bits per heavy atom. The van der Waals surface area contributed by atoms with Crippen molar-refractivity contribution in [3.8, 4) is 0 Å². The van der Waals surface area contributed by atoms with Crippen LogP contribution < -0.4 is 5.32 Å². The Labute approximate surface area is 104 Å². The molecule has 0 spiro atoms. The highest BCUT2D eigenvalue weighted by Crippen LogP contribution is 2.28. The van der Waals surface area contributed by atoms with Crippen LogP contribution in [0.1, 0.15) is 25.5 Å². The largest absolute Gasteiger partial charge is 0.387 e. The van der Waals surface area contributed by atoms with Crippen LogP contribution in [0.25, 0.3) is 0 Å². The van der Waals surface area contributed by atoms with Crippen molar-refractivity contribution in [1.29, 1.82) is 0 Å². The molecule has 2 atom stereocenters. The van der Waals surface area contributed by atoms with E-state index in [9.17, 15) is 5.11 Å². The maximum Gasteiger partial charge on any atom is 0.0951 e. The Hall–Kier alpha value is -0.0900. The first-order valence-electron chi connectivity index (χ1n) is 4.92. The van der Waals surface area contributed by atoms with Crippen molar-refractivity contribution >= 4 is 27.5 Å². The van der Waals surface area contributed by atoms with Gasteiger partial charge in [-0.2, -0.15) is 0 Å². The maximum atomic E-state index is 10.1. The van der Waals surface area contributed by atoms with Gasteiger partial charge in [-0.15, -0.1) is 0 Å². The molecule has 0 aliphatic carbocycles. The standard InChI is InChI=1S/C11H15BrClNO/c1-3-14-7(2)11(15)9-6-8(13)4-5-10(9)12/h4-7,11,14-15H,3H2,1-2H3. The Kier molecular flexibility index (Phi) is 5.06. The minimum Gasteiger partial charge on any atom is -0.387 e. The van der Waals surface area contributed by atoms with E-state index in [1.54, 1.807) is 12.1 Å². The van der Waals surface area contributed by atoms with Crippen molar-refractivity contribution < 1.29 is 5.11 Å². The van der Waals surface area contributed by atoms with E-state index in [4.69, 9.17) is 11.6 Å². The van der Waals surface area contributed by atoms with Gasteiger partial charge in [-0.25, -0.2) is 0 Å². The maximum absolute atomic E-state index is 10.1. The van der Waals surface area contributed by atoms with Crippen molar-refractivity contribution in [2.24, 2.45) is 0 Å². The van der Waals surface area contributed by atoms with Gasteiger partial charge >= 0.3 is 0 Å². The molecular formula is C11H15BrClNO. The van der Waals surface area contributed by atoms with Crippen molar-refractivity contribution in [2.75, 3.05) is 6.54 Å². The van der Waals surface area contributed by atoms with Gasteiger partial charge < -0.3 is 10.4 Å². The Morgan fingerprint density at radius 2 is 2.20 bits per heavy atom. The third kappa shape index (κ3) is 3.45. The molecule has 0 aliphatic heterocycles. The van der Waals surface area contributed by atoms with Crippen LogP contribution in [0.15, 0.2) is 22.7 Å². The van der Waals surface area contributed by atoms with Gasteiger partial charge in [-0.3, -0.25) is 0 Å². The third-order valence-corrected chi connectivity index (χ3v) is 3.23. The fourth-order valence-electron chi connectivity index (χ4n) is 1.44. The number of likely N-dealkylation sites (N-methyl/N-ethyl adjacent to an activating group) is 1. The summed E-state index contributed by atoms with van der Waals surface area (Å²) in [7, 11) is 0. The molecule has 0 fully saturated rings. The highest BCUT2D eigenvalue weighted by Gasteiger charge is 2.17. The minimum atomic E-state index is -0.557. The van der Waals surface area contributed by atoms with Gasteiger partial charge in [0.05, 0.1) is 6.10 Å². The van der Waals surface area contributed by atoms with Crippen molar-refractivity contribution in [3.05, 3.63) is 33.3 Å². The first kappa shape index (κ1) is 13.0. The summed E-state index contributed by atoms with van der Waals surface area (Å²) in [6.07, 6.45) is -0.557. The topological polar surface area (TPSA) is 32.3 Å². The van der Waals surface area contributed by atoms with E-state index in [0.717, 1.165) is 16.6 Å². The average molecular weight is 293 g/mol. The van der Waals surface area contributed by atoms with Crippen molar-refractivity contribution in [1.82, 2.24) is 5.32 Å². The van der Waals surface area contributed by atoms with Gasteiger partial charge in [0.1, 0.15) is 0 Å². The summed E-state index contributed by atoms with van der Waals surface area (Å²) in [5, 5.41) is 13.9. The van der Waals surface area contributed by atoms with E-state index in [0.29, 0.717) is 5.02 Å². The third-order valence-electron chi connectivity index (χ3n) is 2.28. The lowest BCUT2D eigenvalue weighted by Gasteiger charge is -2.21. The molecule has 0 saturated carbocycles. The number of aliphatic hydroxyl groups is 1. The highest BCUT2D eigenvalue weighted by molar-refractivity contribution is 9.10. The summed E-state index contributed by atoms with van der Waals surface area (Å²) < 4.78 is 0.879. The first-order chi connectivity index (χ1) is 7.06. The molecule has 0 radical (unpaired) electrons. The van der Waals surface area contributed by atoms with E-state index < -0.39 is 6.10 Å². The zero-order valence-electron chi connectivity index (χ0n) is 8.80. The van der Waals surface area contributed by atoms with Crippen molar-refractivity contribution in [3.63, 3.8) is 0 Å². The van der Waals surface area contributed by atoms with Crippen LogP contribution in [0.3, 0.4) is 0 Å². The fourth-order valence-corrected chi connectivity index (χ4v) is 2.11. The summed E-state index contributed by atoms with van der Waals surface area (Å²) in [5.41, 5.74) is 0.816. The summed E-state index contributed by atoms with van der Waals surface area (Å²) in [5.74, 6) is 0. The van der Waals surface area contributed by atoms with Gasteiger partial charge in [0.15, 0.2) is 0 Å². The van der Waals surface area contributed by atoms with Gasteiger partial charge in [0.2, 0.25) is 0 Å². The van der Waals surface area contributed by atoms with Gasteiger partial charge in [-0.1, -0.05) is 34.5 Å². The zero-order valence-corrected chi connectivity index (χ0v) is 11.1. The summed E-state index contributed by atoms with van der Waals surface area (Å²) in [6.45, 7) is 4.79. The number of benzene rings is 1. The van der Waals surface area contributed by atoms with Crippen LogP contribution in [0, 0.1) is 0 Å². The van der Waals surface area contributed by atoms with E-state index in [-0.39, 0.29) is 6.04 Å². The smallest absolute Gasteiger partial charge is 0.0951 e. The molecule has 0 aliphatic rings. The van der Waals surface area contributed by atoms with Crippen LogP contribution >= 0.6 is 27.5 Å². The monoisotopic (exact) mass is 291 g/mol. The van der Waals surface area contributed by atoms with Crippen LogP contribution in [-0.2, 0) is 0 Å². The molecule has 0 aromatic heterocycles. The predicted octanol–water partition coefficient (Wildman–Crippen LogP) is 3.13. The lowest BCUT2D eigenvalue weighted by atomic mass is 10.0. The molecule has 2 N–H and O–H groups in total. The molecule has 15 heavy (non-hydrogen) atoms. The predicted molar refractivity (Wildman–Crippen MR) is 67.3 cm³/mol. The van der Waals surface area contributed by atoms with Gasteiger partial charge in [-0.05, 0) is 37.2 Å². The molecule has 2 nitrogen and oxygen atoms in total. The van der Waals surface area contributed by atoms with E-state index in [2.05, 4.69) is 21.2 Å². The lowest BCUT2D eigenvalue weighted by Crippen LogP contribution is -2.32. The Morgan fingerprint density at radius 1 is 1.53 bits per heavy atom. The second kappa shape index (κ2) is 5.85. The van der Waals surface area contributed by atoms with Crippen LogP contribution in [-0.4, -0.2) is 17.7 Å². The van der Waals surface area contributed by atoms with E-state index in [1.165, 1.54) is 0 Å². The molecular weight excluding hydrogens is 277 g/mol. The zero-order chi connectivity index (χ0) is 11.4. The Bertz CT molecular complexity index is 332. The molecule has 1 aromatic rings. The number of halogens is 2. The summed E-state index contributed by atoms with van der Waals surface area (Å²) in [4.78, 5) is 0. The summed E-state index contributed by atoms with van der Waals surface area (Å²) in [6, 6.07) is 5.42. The second-order valence-corrected chi connectivity index (χ2v) is 4.75. The first-order valence-corrected chi connectivity index (χ1v) is 6.09. The number of rotatable bonds is 4. The molecule has 0 saturated heterocycles. The number of hydrogen-bond donors (Lipinski definition) is 2.